The van der Waals surface area contributed by atoms with Crippen LogP contribution in [0.5, 0.6) is 0 Å². The molecule has 1 rings (SSSR count). The maximum absolute atomic E-state index is 12.0. The molecule has 25 heavy (non-hydrogen) atoms. The van der Waals surface area contributed by atoms with E-state index in [0.29, 0.717) is 12.2 Å². The van der Waals surface area contributed by atoms with Gasteiger partial charge in [0.2, 0.25) is 11.8 Å². The van der Waals surface area contributed by atoms with Crippen molar-refractivity contribution in [3.63, 3.8) is 0 Å². The summed E-state index contributed by atoms with van der Waals surface area (Å²) in [7, 11) is 0. The summed E-state index contributed by atoms with van der Waals surface area (Å²) in [4.78, 5) is 35.4. The van der Waals surface area contributed by atoms with Crippen LogP contribution in [0.4, 0.5) is 0 Å². The maximum atomic E-state index is 12.0. The molecule has 4 N–H and O–H groups in total. The number of hydrogen-bond acceptors (Lipinski definition) is 5. The highest BCUT2D eigenvalue weighted by molar-refractivity contribution is 5.90. The Morgan fingerprint density at radius 2 is 1.84 bits per heavy atom. The smallest absolute Gasteiger partial charge is 0.246 e. The molecule has 2 unspecified atom stereocenters. The number of carbonyl (C=O) groups is 3. The second kappa shape index (κ2) is 11.3. The topological polar surface area (TPSA) is 111 Å². The average molecular weight is 349 g/mol. The van der Waals surface area contributed by atoms with Gasteiger partial charge in [-0.2, -0.15) is 0 Å². The highest BCUT2D eigenvalue weighted by atomic mass is 16.5. The van der Waals surface area contributed by atoms with Crippen LogP contribution in [0.2, 0.25) is 0 Å². The lowest BCUT2D eigenvalue weighted by atomic mass is 10.0. The number of rotatable bonds is 11. The van der Waals surface area contributed by atoms with Crippen molar-refractivity contribution < 1.29 is 19.1 Å². The number of hydrogen-bond donors (Lipinski definition) is 3. The van der Waals surface area contributed by atoms with Crippen molar-refractivity contribution in [2.75, 3.05) is 19.8 Å². The minimum Gasteiger partial charge on any atom is -0.370 e. The molecule has 138 valence electrons. The van der Waals surface area contributed by atoms with Crippen LogP contribution in [0.15, 0.2) is 30.3 Å². The predicted molar refractivity (Wildman–Crippen MR) is 94.7 cm³/mol. The molecule has 0 radical (unpaired) electrons. The van der Waals surface area contributed by atoms with Gasteiger partial charge < -0.3 is 21.1 Å². The molecule has 0 saturated carbocycles. The van der Waals surface area contributed by atoms with E-state index in [0.717, 1.165) is 12.8 Å². The van der Waals surface area contributed by atoms with E-state index in [-0.39, 0.29) is 25.0 Å². The summed E-state index contributed by atoms with van der Waals surface area (Å²) < 4.78 is 5.21. The third-order valence-corrected chi connectivity index (χ3v) is 3.52. The van der Waals surface area contributed by atoms with Gasteiger partial charge in [-0.15, -0.1) is 0 Å². The number of nitrogens with one attached hydrogen (secondary N) is 2. The number of amides is 2. The molecule has 7 nitrogen and oxygen atoms in total. The summed E-state index contributed by atoms with van der Waals surface area (Å²) in [5.74, 6) is -1.03. The van der Waals surface area contributed by atoms with Gasteiger partial charge in [-0.25, -0.2) is 0 Å². The summed E-state index contributed by atoms with van der Waals surface area (Å²) in [6.07, 6.45) is 1.78. The first-order chi connectivity index (χ1) is 11.9. The van der Waals surface area contributed by atoms with Crippen LogP contribution in [0.1, 0.15) is 38.3 Å². The number of nitrogens with two attached hydrogens (primary N) is 1. The zero-order valence-electron chi connectivity index (χ0n) is 14.8. The van der Waals surface area contributed by atoms with E-state index in [1.165, 1.54) is 6.92 Å². The number of benzene rings is 1. The molecule has 7 heteroatoms. The molecule has 0 aromatic heterocycles. The fourth-order valence-corrected chi connectivity index (χ4v) is 2.26. The van der Waals surface area contributed by atoms with Crippen molar-refractivity contribution >= 4 is 17.6 Å². The zero-order valence-corrected chi connectivity index (χ0v) is 14.8. The first-order valence-electron chi connectivity index (χ1n) is 8.38. The Bertz CT molecular complexity index is 563. The predicted octanol–water partition coefficient (Wildman–Crippen LogP) is 0.693. The Balaban J connectivity index is 2.35. The Hall–Kier alpha value is -2.25. The third-order valence-electron chi connectivity index (χ3n) is 3.52. The van der Waals surface area contributed by atoms with Crippen molar-refractivity contribution in [2.24, 2.45) is 5.73 Å². The number of ketones is 1. The molecule has 0 aliphatic heterocycles. The zero-order chi connectivity index (χ0) is 18.7. The van der Waals surface area contributed by atoms with Crippen LogP contribution in [-0.4, -0.2) is 43.4 Å². The minimum absolute atomic E-state index is 0.0942. The molecule has 0 saturated heterocycles. The van der Waals surface area contributed by atoms with E-state index in [1.54, 1.807) is 24.3 Å². The molecule has 0 aliphatic carbocycles. The highest BCUT2D eigenvalue weighted by Gasteiger charge is 2.19. The van der Waals surface area contributed by atoms with Gasteiger partial charge in [0.1, 0.15) is 12.6 Å². The first-order valence-corrected chi connectivity index (χ1v) is 8.38. The molecule has 0 bridgehead atoms. The van der Waals surface area contributed by atoms with E-state index in [9.17, 15) is 14.4 Å². The van der Waals surface area contributed by atoms with Gasteiger partial charge >= 0.3 is 0 Å². The van der Waals surface area contributed by atoms with Crippen LogP contribution in [-0.2, 0) is 19.1 Å². The lowest BCUT2D eigenvalue weighted by Crippen LogP contribution is -2.41. The van der Waals surface area contributed by atoms with E-state index in [1.807, 2.05) is 13.0 Å². The van der Waals surface area contributed by atoms with Crippen LogP contribution in [0.25, 0.3) is 0 Å². The summed E-state index contributed by atoms with van der Waals surface area (Å²) in [5.41, 5.74) is 6.48. The molecule has 2 atom stereocenters. The maximum Gasteiger partial charge on any atom is 0.246 e. The van der Waals surface area contributed by atoms with Crippen molar-refractivity contribution in [1.29, 1.82) is 0 Å². The van der Waals surface area contributed by atoms with E-state index in [2.05, 4.69) is 10.6 Å². The molecule has 0 heterocycles. The Kier molecular flexibility index (Phi) is 9.42. The lowest BCUT2D eigenvalue weighted by Gasteiger charge is -2.16. The molecule has 1 aromatic carbocycles. The van der Waals surface area contributed by atoms with Gasteiger partial charge in [-0.3, -0.25) is 14.4 Å². The monoisotopic (exact) mass is 349 g/mol. The molecule has 0 aliphatic rings. The Morgan fingerprint density at radius 1 is 1.16 bits per heavy atom. The van der Waals surface area contributed by atoms with Gasteiger partial charge in [0.25, 0.3) is 0 Å². The molecule has 2 amide bonds. The van der Waals surface area contributed by atoms with Crippen molar-refractivity contribution in [3.05, 3.63) is 35.9 Å². The van der Waals surface area contributed by atoms with Gasteiger partial charge in [0.15, 0.2) is 5.78 Å². The first kappa shape index (κ1) is 20.8. The molecule has 0 fully saturated rings. The van der Waals surface area contributed by atoms with Crippen LogP contribution >= 0.6 is 0 Å². The average Bonchev–Trinajstić information content (AvgIpc) is 2.58. The number of Topliss-reactive ketones (excluding diaryl/α,β-unsaturated/α-hetero) is 1. The largest absolute Gasteiger partial charge is 0.370 e. The minimum atomic E-state index is -0.728. The Labute approximate surface area is 148 Å². The second-order valence-electron chi connectivity index (χ2n) is 5.86. The van der Waals surface area contributed by atoms with Crippen LogP contribution in [0, 0.1) is 0 Å². The van der Waals surface area contributed by atoms with Crippen molar-refractivity contribution in [3.8, 4) is 0 Å². The number of ether oxygens (including phenoxy) is 1. The van der Waals surface area contributed by atoms with Crippen molar-refractivity contribution in [1.82, 2.24) is 10.6 Å². The summed E-state index contributed by atoms with van der Waals surface area (Å²) in [5, 5.41) is 5.07. The van der Waals surface area contributed by atoms with Gasteiger partial charge in [-0.05, 0) is 18.9 Å². The molecular formula is C18H27N3O4. The van der Waals surface area contributed by atoms with E-state index < -0.39 is 17.9 Å². The van der Waals surface area contributed by atoms with E-state index >= 15 is 0 Å². The molecule has 1 aromatic rings. The van der Waals surface area contributed by atoms with Gasteiger partial charge in [-0.1, -0.05) is 43.7 Å². The van der Waals surface area contributed by atoms with Crippen LogP contribution in [0.3, 0.4) is 0 Å². The third kappa shape index (κ3) is 8.42. The number of carbonyl (C=O) groups excluding carboxylic acids is 3. The summed E-state index contributed by atoms with van der Waals surface area (Å²) in [6.45, 7) is 3.35. The van der Waals surface area contributed by atoms with Crippen LogP contribution < -0.4 is 16.4 Å². The molecule has 0 spiro atoms. The normalized spacial score (nSPS) is 12.9. The quantitative estimate of drug-likeness (QED) is 0.544. The fourth-order valence-electron chi connectivity index (χ4n) is 2.26. The second-order valence-corrected chi connectivity index (χ2v) is 5.86. The highest BCUT2D eigenvalue weighted by Crippen LogP contribution is 2.13. The van der Waals surface area contributed by atoms with Gasteiger partial charge in [0.05, 0.1) is 13.2 Å². The SMILES string of the molecule is CCCC(N)COCC(=O)NCC(=O)NC(C(C)=O)c1ccccc1. The standard InChI is InChI=1S/C18H27N3O4/c1-3-7-15(19)11-25-12-17(24)20-10-16(23)21-18(13(2)22)14-8-5-4-6-9-14/h4-6,8-9,15,18H,3,7,10-12,19H2,1-2H3,(H,20,24)(H,21,23). The molecular weight excluding hydrogens is 322 g/mol. The fraction of sp³-hybridized carbons (Fsp3) is 0.500. The lowest BCUT2D eigenvalue weighted by molar-refractivity contribution is -0.130. The summed E-state index contributed by atoms with van der Waals surface area (Å²) in [6, 6.07) is 8.11. The van der Waals surface area contributed by atoms with Crippen molar-refractivity contribution in [2.45, 2.75) is 38.8 Å². The summed E-state index contributed by atoms with van der Waals surface area (Å²) >= 11 is 0. The van der Waals surface area contributed by atoms with Gasteiger partial charge in [0, 0.05) is 6.04 Å². The Morgan fingerprint density at radius 3 is 2.44 bits per heavy atom. The van der Waals surface area contributed by atoms with E-state index in [4.69, 9.17) is 10.5 Å².